The SMILES string of the molecule is CC(C)(CO)Nc1cc(C(=O)O)c2ccccc2n1. The van der Waals surface area contributed by atoms with E-state index in [-0.39, 0.29) is 12.2 Å². The molecule has 0 atom stereocenters. The summed E-state index contributed by atoms with van der Waals surface area (Å²) >= 11 is 0. The fourth-order valence-electron chi connectivity index (χ4n) is 1.80. The summed E-state index contributed by atoms with van der Waals surface area (Å²) in [6.07, 6.45) is 0. The molecule has 0 aliphatic rings. The summed E-state index contributed by atoms with van der Waals surface area (Å²) in [5.74, 6) is -0.557. The number of hydrogen-bond donors (Lipinski definition) is 3. The normalized spacial score (nSPS) is 11.5. The molecule has 2 aromatic rings. The zero-order valence-electron chi connectivity index (χ0n) is 10.8. The van der Waals surface area contributed by atoms with Crippen molar-refractivity contribution < 1.29 is 15.0 Å². The summed E-state index contributed by atoms with van der Waals surface area (Å²) in [5, 5.41) is 22.1. The predicted molar refractivity (Wildman–Crippen MR) is 73.5 cm³/mol. The standard InChI is InChI=1S/C14H16N2O3/c1-14(2,8-17)16-12-7-10(13(18)19)9-5-3-4-6-11(9)15-12/h3-7,17H,8H2,1-2H3,(H,15,16)(H,18,19). The molecule has 0 saturated carbocycles. The minimum atomic E-state index is -0.997. The first-order chi connectivity index (χ1) is 8.93. The summed E-state index contributed by atoms with van der Waals surface area (Å²) in [6, 6.07) is 8.57. The summed E-state index contributed by atoms with van der Waals surface area (Å²) < 4.78 is 0. The number of carboxylic acids is 1. The predicted octanol–water partition coefficient (Wildman–Crippen LogP) is 2.12. The van der Waals surface area contributed by atoms with E-state index in [4.69, 9.17) is 0 Å². The van der Waals surface area contributed by atoms with Gasteiger partial charge in [0.25, 0.3) is 0 Å². The molecule has 3 N–H and O–H groups in total. The van der Waals surface area contributed by atoms with Crippen LogP contribution in [0.5, 0.6) is 0 Å². The number of rotatable bonds is 4. The third kappa shape index (κ3) is 2.82. The van der Waals surface area contributed by atoms with E-state index in [2.05, 4.69) is 10.3 Å². The average Bonchev–Trinajstić information content (AvgIpc) is 2.37. The second-order valence-electron chi connectivity index (χ2n) is 5.04. The smallest absolute Gasteiger partial charge is 0.336 e. The third-order valence-corrected chi connectivity index (χ3v) is 2.81. The van der Waals surface area contributed by atoms with Crippen molar-refractivity contribution in [2.75, 3.05) is 11.9 Å². The van der Waals surface area contributed by atoms with Gasteiger partial charge in [-0.25, -0.2) is 9.78 Å². The van der Waals surface area contributed by atoms with Gasteiger partial charge in [-0.3, -0.25) is 0 Å². The van der Waals surface area contributed by atoms with Gasteiger partial charge in [0.2, 0.25) is 0 Å². The van der Waals surface area contributed by atoms with Crippen molar-refractivity contribution in [2.45, 2.75) is 19.4 Å². The van der Waals surface area contributed by atoms with Gasteiger partial charge < -0.3 is 15.5 Å². The van der Waals surface area contributed by atoms with Crippen LogP contribution in [0.1, 0.15) is 24.2 Å². The zero-order valence-corrected chi connectivity index (χ0v) is 10.8. The topological polar surface area (TPSA) is 82.5 Å². The summed E-state index contributed by atoms with van der Waals surface area (Å²) in [5.41, 5.74) is 0.242. The summed E-state index contributed by atoms with van der Waals surface area (Å²) in [6.45, 7) is 3.54. The first-order valence-corrected chi connectivity index (χ1v) is 5.95. The van der Waals surface area contributed by atoms with Gasteiger partial charge >= 0.3 is 5.97 Å². The lowest BCUT2D eigenvalue weighted by atomic mass is 10.1. The van der Waals surface area contributed by atoms with Crippen LogP contribution in [0.25, 0.3) is 10.9 Å². The number of benzene rings is 1. The van der Waals surface area contributed by atoms with Crippen LogP contribution < -0.4 is 5.32 Å². The van der Waals surface area contributed by atoms with Gasteiger partial charge in [0.05, 0.1) is 23.2 Å². The van der Waals surface area contributed by atoms with Gasteiger partial charge in [-0.05, 0) is 26.0 Å². The van der Waals surface area contributed by atoms with E-state index in [1.807, 2.05) is 19.9 Å². The highest BCUT2D eigenvalue weighted by atomic mass is 16.4. The Hall–Kier alpha value is -2.14. The van der Waals surface area contributed by atoms with Crippen LogP contribution in [0.2, 0.25) is 0 Å². The molecule has 5 nitrogen and oxygen atoms in total. The molecule has 100 valence electrons. The molecule has 2 rings (SSSR count). The minimum absolute atomic E-state index is 0.0795. The summed E-state index contributed by atoms with van der Waals surface area (Å²) in [4.78, 5) is 15.7. The molecule has 0 aliphatic carbocycles. The molecule has 19 heavy (non-hydrogen) atoms. The van der Waals surface area contributed by atoms with E-state index < -0.39 is 11.5 Å². The van der Waals surface area contributed by atoms with Gasteiger partial charge in [0.1, 0.15) is 5.82 Å². The molecule has 0 saturated heterocycles. The number of aromatic carboxylic acids is 1. The van der Waals surface area contributed by atoms with E-state index in [1.165, 1.54) is 6.07 Å². The lowest BCUT2D eigenvalue weighted by Crippen LogP contribution is -2.35. The fourth-order valence-corrected chi connectivity index (χ4v) is 1.80. The molecule has 0 unspecified atom stereocenters. The van der Waals surface area contributed by atoms with Gasteiger partial charge in [0.15, 0.2) is 0 Å². The average molecular weight is 260 g/mol. The van der Waals surface area contributed by atoms with Gasteiger partial charge in [0, 0.05) is 5.39 Å². The maximum Gasteiger partial charge on any atom is 0.336 e. The van der Waals surface area contributed by atoms with E-state index in [1.54, 1.807) is 18.2 Å². The maximum absolute atomic E-state index is 11.3. The number of pyridine rings is 1. The van der Waals surface area contributed by atoms with Crippen LogP contribution in [0.15, 0.2) is 30.3 Å². The third-order valence-electron chi connectivity index (χ3n) is 2.81. The second-order valence-corrected chi connectivity index (χ2v) is 5.04. The molecule has 1 aromatic heterocycles. The first kappa shape index (κ1) is 13.3. The molecule has 1 heterocycles. The molecular formula is C14H16N2O3. The van der Waals surface area contributed by atoms with Crippen molar-refractivity contribution in [2.24, 2.45) is 0 Å². The molecule has 0 fully saturated rings. The van der Waals surface area contributed by atoms with Gasteiger partial charge in [-0.15, -0.1) is 0 Å². The van der Waals surface area contributed by atoms with Crippen LogP contribution in [0, 0.1) is 0 Å². The van der Waals surface area contributed by atoms with Gasteiger partial charge in [-0.2, -0.15) is 0 Å². The van der Waals surface area contributed by atoms with Crippen LogP contribution in [-0.4, -0.2) is 33.3 Å². The van der Waals surface area contributed by atoms with Crippen molar-refractivity contribution >= 4 is 22.7 Å². The fraction of sp³-hybridized carbons (Fsp3) is 0.286. The molecule has 0 amide bonds. The Morgan fingerprint density at radius 2 is 2.05 bits per heavy atom. The Bertz CT molecular complexity index is 623. The second kappa shape index (κ2) is 4.85. The van der Waals surface area contributed by atoms with E-state index in [9.17, 15) is 15.0 Å². The van der Waals surface area contributed by atoms with Crippen LogP contribution in [-0.2, 0) is 0 Å². The number of carbonyl (C=O) groups is 1. The van der Waals surface area contributed by atoms with E-state index in [0.29, 0.717) is 16.7 Å². The Morgan fingerprint density at radius 1 is 1.37 bits per heavy atom. The highest BCUT2D eigenvalue weighted by Gasteiger charge is 2.18. The van der Waals surface area contributed by atoms with Crippen molar-refractivity contribution in [1.82, 2.24) is 4.98 Å². The first-order valence-electron chi connectivity index (χ1n) is 5.95. The lowest BCUT2D eigenvalue weighted by molar-refractivity contribution is 0.0699. The molecular weight excluding hydrogens is 244 g/mol. The number of carboxylic acid groups (broad SMARTS) is 1. The molecule has 0 spiro atoms. The van der Waals surface area contributed by atoms with Crippen LogP contribution >= 0.6 is 0 Å². The highest BCUT2D eigenvalue weighted by Crippen LogP contribution is 2.22. The van der Waals surface area contributed by atoms with Crippen LogP contribution in [0.4, 0.5) is 5.82 Å². The number of para-hydroxylation sites is 1. The quantitative estimate of drug-likeness (QED) is 0.784. The molecule has 5 heteroatoms. The number of nitrogens with one attached hydrogen (secondary N) is 1. The highest BCUT2D eigenvalue weighted by molar-refractivity contribution is 6.03. The monoisotopic (exact) mass is 260 g/mol. The van der Waals surface area contributed by atoms with E-state index >= 15 is 0 Å². The summed E-state index contributed by atoms with van der Waals surface area (Å²) in [7, 11) is 0. The van der Waals surface area contributed by atoms with Crippen molar-refractivity contribution in [1.29, 1.82) is 0 Å². The number of aliphatic hydroxyl groups is 1. The molecule has 1 aromatic carbocycles. The lowest BCUT2D eigenvalue weighted by Gasteiger charge is -2.24. The number of aromatic nitrogens is 1. The van der Waals surface area contributed by atoms with Crippen LogP contribution in [0.3, 0.4) is 0 Å². The number of hydrogen-bond acceptors (Lipinski definition) is 4. The number of nitrogens with zero attached hydrogens (tertiary/aromatic N) is 1. The zero-order chi connectivity index (χ0) is 14.0. The molecule has 0 bridgehead atoms. The Kier molecular flexibility index (Phi) is 3.40. The van der Waals surface area contributed by atoms with Crippen molar-refractivity contribution in [3.63, 3.8) is 0 Å². The Labute approximate surface area is 110 Å². The van der Waals surface area contributed by atoms with Crippen molar-refractivity contribution in [3.05, 3.63) is 35.9 Å². The maximum atomic E-state index is 11.3. The Balaban J connectivity index is 2.55. The van der Waals surface area contributed by atoms with Gasteiger partial charge in [-0.1, -0.05) is 18.2 Å². The van der Waals surface area contributed by atoms with E-state index in [0.717, 1.165) is 0 Å². The number of anilines is 1. The molecule has 0 radical (unpaired) electrons. The minimum Gasteiger partial charge on any atom is -0.478 e. The number of aliphatic hydroxyl groups excluding tert-OH is 1. The number of fused-ring (bicyclic) bond motifs is 1. The largest absolute Gasteiger partial charge is 0.478 e. The Morgan fingerprint density at radius 3 is 2.68 bits per heavy atom. The molecule has 0 aliphatic heterocycles. The van der Waals surface area contributed by atoms with Crippen molar-refractivity contribution in [3.8, 4) is 0 Å².